The summed E-state index contributed by atoms with van der Waals surface area (Å²) in [5.41, 5.74) is 8.19. The van der Waals surface area contributed by atoms with Gasteiger partial charge in [-0.3, -0.25) is 9.79 Å². The van der Waals surface area contributed by atoms with Gasteiger partial charge in [-0.2, -0.15) is 0 Å². The van der Waals surface area contributed by atoms with E-state index in [9.17, 15) is 4.79 Å². The first-order chi connectivity index (χ1) is 15.5. The van der Waals surface area contributed by atoms with Crippen LogP contribution >= 0.6 is 0 Å². The van der Waals surface area contributed by atoms with Crippen LogP contribution in [0, 0.1) is 5.41 Å². The smallest absolute Gasteiger partial charge is 0.173 e. The first-order valence-electron chi connectivity index (χ1n) is 12.0. The van der Waals surface area contributed by atoms with Gasteiger partial charge in [0, 0.05) is 38.4 Å². The van der Waals surface area contributed by atoms with Crippen LogP contribution < -0.4 is 11.1 Å². The monoisotopic (exact) mass is 435 g/mol. The number of anilines is 1. The van der Waals surface area contributed by atoms with Gasteiger partial charge >= 0.3 is 0 Å². The van der Waals surface area contributed by atoms with E-state index in [1.807, 2.05) is 18.2 Å². The van der Waals surface area contributed by atoms with E-state index in [1.54, 1.807) is 12.2 Å². The van der Waals surface area contributed by atoms with E-state index >= 15 is 0 Å². The molecule has 2 aliphatic heterocycles. The molecule has 1 aliphatic carbocycles. The maximum atomic E-state index is 13.0. The molecule has 1 fully saturated rings. The van der Waals surface area contributed by atoms with Gasteiger partial charge in [0.05, 0.1) is 6.04 Å². The fourth-order valence-corrected chi connectivity index (χ4v) is 5.20. The zero-order valence-electron chi connectivity index (χ0n) is 19.5. The number of unbranched alkanes of at least 4 members (excludes halogenated alkanes) is 2. The van der Waals surface area contributed by atoms with Crippen molar-refractivity contribution in [3.8, 4) is 0 Å². The van der Waals surface area contributed by atoms with Crippen LogP contribution in [-0.2, 0) is 11.2 Å². The van der Waals surface area contributed by atoms with Crippen LogP contribution in [0.5, 0.6) is 0 Å². The van der Waals surface area contributed by atoms with Crippen LogP contribution in [0.3, 0.4) is 0 Å². The Labute approximate surface area is 192 Å². The van der Waals surface area contributed by atoms with Gasteiger partial charge in [0.2, 0.25) is 0 Å². The van der Waals surface area contributed by atoms with Crippen molar-refractivity contribution in [1.29, 1.82) is 0 Å². The van der Waals surface area contributed by atoms with Gasteiger partial charge in [-0.15, -0.1) is 0 Å². The van der Waals surface area contributed by atoms with Gasteiger partial charge in [-0.05, 0) is 50.3 Å². The molecule has 6 heteroatoms. The molecule has 0 bridgehead atoms. The number of allylic oxidation sites excluding steroid dienone is 3. The van der Waals surface area contributed by atoms with E-state index < -0.39 is 5.41 Å². The minimum absolute atomic E-state index is 0.0427. The van der Waals surface area contributed by atoms with Crippen molar-refractivity contribution in [1.82, 2.24) is 10.0 Å². The van der Waals surface area contributed by atoms with Crippen molar-refractivity contribution in [3.63, 3.8) is 0 Å². The number of aliphatic imine (C=N–C) groups is 1. The van der Waals surface area contributed by atoms with E-state index in [4.69, 9.17) is 10.7 Å². The summed E-state index contributed by atoms with van der Waals surface area (Å²) in [5, 5.41) is 8.26. The number of benzene rings is 1. The molecule has 3 aliphatic rings. The van der Waals surface area contributed by atoms with Crippen LogP contribution in [0.4, 0.5) is 5.69 Å². The molecule has 0 saturated carbocycles. The normalized spacial score (nSPS) is 28.7. The Bertz CT molecular complexity index is 897. The molecule has 6 nitrogen and oxygen atoms in total. The summed E-state index contributed by atoms with van der Waals surface area (Å²) in [6.07, 6.45) is 13.3. The lowest BCUT2D eigenvalue weighted by Gasteiger charge is -2.32. The molecule has 1 aromatic rings. The lowest BCUT2D eigenvalue weighted by molar-refractivity contribution is -0.119. The number of hydrogen-bond acceptors (Lipinski definition) is 5. The minimum atomic E-state index is -0.802. The van der Waals surface area contributed by atoms with Crippen LogP contribution in [0.2, 0.25) is 0 Å². The summed E-state index contributed by atoms with van der Waals surface area (Å²) in [4.78, 5) is 17.9. The lowest BCUT2D eigenvalue weighted by atomic mass is 9.75. The van der Waals surface area contributed by atoms with Crippen molar-refractivity contribution in [2.24, 2.45) is 16.1 Å². The summed E-state index contributed by atoms with van der Waals surface area (Å²) < 4.78 is 0. The first-order valence-corrected chi connectivity index (χ1v) is 12.0. The zero-order valence-corrected chi connectivity index (χ0v) is 19.5. The maximum absolute atomic E-state index is 13.0. The third-order valence-electron chi connectivity index (χ3n) is 7.24. The molecule has 0 radical (unpaired) electrons. The molecule has 2 heterocycles. The average molecular weight is 436 g/mol. The highest BCUT2D eigenvalue weighted by Gasteiger charge is 2.39. The Balaban J connectivity index is 1.38. The molecule has 3 atom stereocenters. The molecule has 32 heavy (non-hydrogen) atoms. The topological polar surface area (TPSA) is 74.0 Å². The highest BCUT2D eigenvalue weighted by molar-refractivity contribution is 6.15. The number of nitrogens with one attached hydrogen (secondary N) is 1. The summed E-state index contributed by atoms with van der Waals surface area (Å²) >= 11 is 0. The predicted octanol–water partition coefficient (Wildman–Crippen LogP) is 3.56. The second-order valence-electron chi connectivity index (χ2n) is 9.46. The maximum Gasteiger partial charge on any atom is 0.173 e. The molecule has 1 aromatic carbocycles. The van der Waals surface area contributed by atoms with Crippen molar-refractivity contribution in [2.75, 3.05) is 32.0 Å². The number of carbonyl (C=O) groups is 1. The van der Waals surface area contributed by atoms with Crippen LogP contribution in [0.15, 0.2) is 53.6 Å². The summed E-state index contributed by atoms with van der Waals surface area (Å²) in [7, 11) is 2.17. The fraction of sp³-hybridized carbons (Fsp3) is 0.538. The number of carbonyl (C=O) groups excluding carboxylic acids is 1. The number of fused-ring (bicyclic) bond motifs is 1. The Morgan fingerprint density at radius 2 is 2.09 bits per heavy atom. The predicted molar refractivity (Wildman–Crippen MR) is 132 cm³/mol. The lowest BCUT2D eigenvalue weighted by Crippen LogP contribution is -2.44. The van der Waals surface area contributed by atoms with Crippen LogP contribution in [0.1, 0.15) is 44.6 Å². The third kappa shape index (κ3) is 4.81. The van der Waals surface area contributed by atoms with Crippen LogP contribution in [-0.4, -0.2) is 60.4 Å². The molecular formula is C26H37N5O. The van der Waals surface area contributed by atoms with E-state index in [0.717, 1.165) is 45.3 Å². The number of nitrogens with two attached hydrogens (primary N) is 1. The van der Waals surface area contributed by atoms with Crippen molar-refractivity contribution in [3.05, 3.63) is 54.1 Å². The Morgan fingerprint density at radius 3 is 2.88 bits per heavy atom. The number of para-hydroxylation sites is 1. The number of nitrogens with zero attached hydrogens (tertiary/aromatic N) is 3. The summed E-state index contributed by atoms with van der Waals surface area (Å²) in [6, 6.07) is 8.98. The van der Waals surface area contributed by atoms with Gasteiger partial charge in [-0.1, -0.05) is 49.3 Å². The Kier molecular flexibility index (Phi) is 7.11. The van der Waals surface area contributed by atoms with Gasteiger partial charge in [0.25, 0.3) is 0 Å². The zero-order chi connectivity index (χ0) is 22.6. The number of ketones is 1. The van der Waals surface area contributed by atoms with E-state index in [1.165, 1.54) is 17.7 Å². The summed E-state index contributed by atoms with van der Waals surface area (Å²) in [6.45, 7) is 5.25. The average Bonchev–Trinajstić information content (AvgIpc) is 3.12. The highest BCUT2D eigenvalue weighted by atomic mass is 16.1. The van der Waals surface area contributed by atoms with Gasteiger partial charge in [-0.25, -0.2) is 10.0 Å². The second-order valence-corrected chi connectivity index (χ2v) is 9.46. The number of amidine groups is 1. The van der Waals surface area contributed by atoms with Crippen molar-refractivity contribution < 1.29 is 4.79 Å². The molecule has 0 spiro atoms. The van der Waals surface area contributed by atoms with E-state index in [-0.39, 0.29) is 11.8 Å². The van der Waals surface area contributed by atoms with Crippen molar-refractivity contribution in [2.45, 2.75) is 57.5 Å². The fourth-order valence-electron chi connectivity index (χ4n) is 5.20. The Hall–Kier alpha value is -2.44. The minimum Gasteiger partial charge on any atom is -0.386 e. The largest absolute Gasteiger partial charge is 0.386 e. The number of rotatable bonds is 8. The standard InChI is InChI=1S/C26H37N5O/c1-20-13-17-30(2)31(20)16-9-3-7-14-26(15-8-6-12-24(26)32)25(27)29-22-18-21-10-4-5-11-23(21)28-19-22/h4-6,8,10-12,15,20,22,28H,3,7,9,13-14,16-19H2,1-2H3,(H2,27,29). The number of hydrogen-bond donors (Lipinski definition) is 2. The Morgan fingerprint density at radius 1 is 1.25 bits per heavy atom. The summed E-state index contributed by atoms with van der Waals surface area (Å²) in [5.74, 6) is 0.514. The highest BCUT2D eigenvalue weighted by Crippen LogP contribution is 2.33. The van der Waals surface area contributed by atoms with Gasteiger partial charge in [0.15, 0.2) is 5.78 Å². The molecule has 3 unspecified atom stereocenters. The van der Waals surface area contributed by atoms with Gasteiger partial charge < -0.3 is 11.1 Å². The van der Waals surface area contributed by atoms with E-state index in [2.05, 4.69) is 47.5 Å². The van der Waals surface area contributed by atoms with Gasteiger partial charge in [0.1, 0.15) is 11.3 Å². The SMILES string of the molecule is CC1CCN(C)N1CCCCCC1(C(N)=NC2CNc3ccccc3C2)C=CC=CC1=O. The molecule has 0 aromatic heterocycles. The molecule has 4 rings (SSSR count). The molecule has 172 valence electrons. The molecule has 0 amide bonds. The molecular weight excluding hydrogens is 398 g/mol. The van der Waals surface area contributed by atoms with Crippen LogP contribution in [0.25, 0.3) is 0 Å². The first kappa shape index (κ1) is 22.7. The third-order valence-corrected chi connectivity index (χ3v) is 7.24. The number of hydrazine groups is 1. The van der Waals surface area contributed by atoms with Crippen molar-refractivity contribution >= 4 is 17.3 Å². The quantitative estimate of drug-likeness (QED) is 0.371. The second kappa shape index (κ2) is 10.0. The molecule has 1 saturated heterocycles. The molecule has 3 N–H and O–H groups in total. The van der Waals surface area contributed by atoms with E-state index in [0.29, 0.717) is 18.3 Å².